The number of ether oxygens (including phenoxy) is 1. The lowest BCUT2D eigenvalue weighted by Crippen LogP contribution is -2.46. The molecule has 24 heavy (non-hydrogen) atoms. The number of amides is 1. The fraction of sp³-hybridized carbons (Fsp3) is 0.650. The summed E-state index contributed by atoms with van der Waals surface area (Å²) in [4.78, 5) is 11.9. The van der Waals surface area contributed by atoms with Crippen molar-refractivity contribution in [2.45, 2.75) is 71.8 Å². The molecule has 0 aromatic heterocycles. The Morgan fingerprint density at radius 1 is 1.29 bits per heavy atom. The van der Waals surface area contributed by atoms with Crippen LogP contribution < -0.4 is 11.1 Å². The van der Waals surface area contributed by atoms with Gasteiger partial charge in [-0.15, -0.1) is 0 Å². The molecule has 4 nitrogen and oxygen atoms in total. The number of carbonyl (C=O) groups excluding carboxylic acids is 1. The van der Waals surface area contributed by atoms with Crippen LogP contribution in [0.25, 0.3) is 0 Å². The van der Waals surface area contributed by atoms with Gasteiger partial charge in [0.15, 0.2) is 0 Å². The third-order valence-corrected chi connectivity index (χ3v) is 5.53. The number of aryl methyl sites for hydroxylation is 1. The Balaban J connectivity index is 2.13. The average Bonchev–Trinajstić information content (AvgIpc) is 2.41. The van der Waals surface area contributed by atoms with Crippen LogP contribution in [-0.2, 0) is 16.6 Å². The molecule has 1 atom stereocenters. The van der Waals surface area contributed by atoms with E-state index in [9.17, 15) is 4.79 Å². The number of hydrogen-bond acceptors (Lipinski definition) is 3. The summed E-state index contributed by atoms with van der Waals surface area (Å²) >= 11 is 0. The topological polar surface area (TPSA) is 64.3 Å². The lowest BCUT2D eigenvalue weighted by molar-refractivity contribution is 0.0512. The van der Waals surface area contributed by atoms with E-state index in [4.69, 9.17) is 10.5 Å². The van der Waals surface area contributed by atoms with Crippen molar-refractivity contribution >= 4 is 11.8 Å². The molecule has 1 aliphatic rings. The van der Waals surface area contributed by atoms with E-state index in [2.05, 4.69) is 38.2 Å². The van der Waals surface area contributed by atoms with Crippen molar-refractivity contribution in [2.75, 3.05) is 12.3 Å². The van der Waals surface area contributed by atoms with Crippen molar-refractivity contribution in [2.24, 2.45) is 5.41 Å². The van der Waals surface area contributed by atoms with Crippen LogP contribution in [0.3, 0.4) is 0 Å². The molecule has 0 bridgehead atoms. The summed E-state index contributed by atoms with van der Waals surface area (Å²) in [6.45, 7) is 13.2. The quantitative estimate of drug-likeness (QED) is 0.806. The Labute approximate surface area is 146 Å². The van der Waals surface area contributed by atoms with Gasteiger partial charge in [0.1, 0.15) is 5.60 Å². The van der Waals surface area contributed by atoms with Crippen molar-refractivity contribution in [1.82, 2.24) is 5.32 Å². The van der Waals surface area contributed by atoms with Gasteiger partial charge in [-0.25, -0.2) is 4.79 Å². The zero-order valence-electron chi connectivity index (χ0n) is 16.0. The summed E-state index contributed by atoms with van der Waals surface area (Å²) in [6, 6.07) is 6.25. The Morgan fingerprint density at radius 2 is 1.96 bits per heavy atom. The van der Waals surface area contributed by atoms with Gasteiger partial charge in [-0.3, -0.25) is 0 Å². The second kappa shape index (κ2) is 6.30. The molecular weight excluding hydrogens is 300 g/mol. The molecule has 4 heteroatoms. The van der Waals surface area contributed by atoms with Gasteiger partial charge in [0.2, 0.25) is 0 Å². The predicted octanol–water partition coefficient (Wildman–Crippen LogP) is 4.41. The number of nitrogen functional groups attached to an aromatic ring is 1. The summed E-state index contributed by atoms with van der Waals surface area (Å²) < 4.78 is 5.33. The molecule has 0 spiro atoms. The molecule has 2 rings (SSSR count). The highest BCUT2D eigenvalue weighted by atomic mass is 16.6. The smallest absolute Gasteiger partial charge is 0.407 e. The first-order valence-corrected chi connectivity index (χ1v) is 8.80. The predicted molar refractivity (Wildman–Crippen MR) is 99.2 cm³/mol. The molecule has 0 heterocycles. The zero-order chi connectivity index (χ0) is 18.2. The van der Waals surface area contributed by atoms with Gasteiger partial charge in [0.25, 0.3) is 0 Å². The van der Waals surface area contributed by atoms with Crippen LogP contribution in [0, 0.1) is 5.41 Å². The van der Waals surface area contributed by atoms with E-state index >= 15 is 0 Å². The van der Waals surface area contributed by atoms with E-state index in [0.717, 1.165) is 24.9 Å². The third kappa shape index (κ3) is 3.85. The summed E-state index contributed by atoms with van der Waals surface area (Å²) in [6.07, 6.45) is 2.70. The highest BCUT2D eigenvalue weighted by Gasteiger charge is 2.45. The standard InChI is InChI=1S/C20H32N2O2/c1-18(2,3)24-17(23)22-12-11-20(6)16-8-7-15(21)13-14(16)9-10-19(20,4)5/h7-8,13H,9-12,21H2,1-6H3,(H,22,23). The minimum absolute atomic E-state index is 0.0106. The van der Waals surface area contributed by atoms with Gasteiger partial charge < -0.3 is 15.8 Å². The number of hydrogen-bond donors (Lipinski definition) is 2. The van der Waals surface area contributed by atoms with Gasteiger partial charge in [0, 0.05) is 12.2 Å². The molecule has 1 aromatic carbocycles. The van der Waals surface area contributed by atoms with Gasteiger partial charge in [-0.05, 0) is 74.1 Å². The molecule has 134 valence electrons. The molecule has 1 aromatic rings. The minimum atomic E-state index is -0.470. The van der Waals surface area contributed by atoms with Gasteiger partial charge in [-0.1, -0.05) is 26.8 Å². The summed E-state index contributed by atoms with van der Waals surface area (Å²) in [5, 5.41) is 2.91. The minimum Gasteiger partial charge on any atom is -0.444 e. The van der Waals surface area contributed by atoms with Crippen LogP contribution in [0.15, 0.2) is 18.2 Å². The fourth-order valence-electron chi connectivity index (χ4n) is 3.65. The van der Waals surface area contributed by atoms with Gasteiger partial charge >= 0.3 is 6.09 Å². The average molecular weight is 332 g/mol. The van der Waals surface area contributed by atoms with Gasteiger partial charge in [0.05, 0.1) is 0 Å². The van der Waals surface area contributed by atoms with E-state index in [0.29, 0.717) is 6.54 Å². The van der Waals surface area contributed by atoms with Crippen molar-refractivity contribution in [3.63, 3.8) is 0 Å². The highest BCUT2D eigenvalue weighted by molar-refractivity contribution is 5.67. The first-order chi connectivity index (χ1) is 10.9. The maximum atomic E-state index is 11.9. The normalized spacial score (nSPS) is 22.6. The molecule has 0 fully saturated rings. The molecule has 1 amide bonds. The summed E-state index contributed by atoms with van der Waals surface area (Å²) in [5.41, 5.74) is 9.16. The van der Waals surface area contributed by atoms with Gasteiger partial charge in [-0.2, -0.15) is 0 Å². The first-order valence-electron chi connectivity index (χ1n) is 8.80. The molecule has 0 saturated heterocycles. The van der Waals surface area contributed by atoms with E-state index in [1.165, 1.54) is 11.1 Å². The molecule has 1 unspecified atom stereocenters. The van der Waals surface area contributed by atoms with Crippen LogP contribution in [0.5, 0.6) is 0 Å². The SMILES string of the molecule is CC(C)(C)OC(=O)NCCC1(C)c2ccc(N)cc2CCC1(C)C. The summed E-state index contributed by atoms with van der Waals surface area (Å²) in [5.74, 6) is 0. The molecule has 0 aliphatic heterocycles. The largest absolute Gasteiger partial charge is 0.444 e. The first kappa shape index (κ1) is 18.6. The lowest BCUT2D eigenvalue weighted by Gasteiger charge is -2.49. The van der Waals surface area contributed by atoms with Crippen LogP contribution in [-0.4, -0.2) is 18.2 Å². The van der Waals surface area contributed by atoms with E-state index in [1.807, 2.05) is 26.8 Å². The third-order valence-electron chi connectivity index (χ3n) is 5.53. The number of nitrogens with one attached hydrogen (secondary N) is 1. The van der Waals surface area contributed by atoms with Crippen LogP contribution in [0.1, 0.15) is 65.5 Å². The Kier molecular flexibility index (Phi) is 4.89. The zero-order valence-corrected chi connectivity index (χ0v) is 16.0. The number of anilines is 1. The molecular formula is C20H32N2O2. The van der Waals surface area contributed by atoms with Crippen molar-refractivity contribution in [3.8, 4) is 0 Å². The summed E-state index contributed by atoms with van der Waals surface area (Å²) in [7, 11) is 0. The van der Waals surface area contributed by atoms with Crippen molar-refractivity contribution in [3.05, 3.63) is 29.3 Å². The number of alkyl carbamates (subject to hydrolysis) is 1. The Morgan fingerprint density at radius 3 is 2.58 bits per heavy atom. The van der Waals surface area contributed by atoms with Crippen LogP contribution >= 0.6 is 0 Å². The molecule has 1 aliphatic carbocycles. The number of rotatable bonds is 3. The van der Waals surface area contributed by atoms with Crippen molar-refractivity contribution in [1.29, 1.82) is 0 Å². The highest BCUT2D eigenvalue weighted by Crippen LogP contribution is 2.51. The second-order valence-electron chi connectivity index (χ2n) is 8.81. The van der Waals surface area contributed by atoms with E-state index in [1.54, 1.807) is 0 Å². The lowest BCUT2D eigenvalue weighted by atomic mass is 9.55. The van der Waals surface area contributed by atoms with Crippen molar-refractivity contribution < 1.29 is 9.53 Å². The maximum Gasteiger partial charge on any atom is 0.407 e. The van der Waals surface area contributed by atoms with E-state index < -0.39 is 5.60 Å². The molecule has 3 N–H and O–H groups in total. The molecule has 0 saturated carbocycles. The van der Waals surface area contributed by atoms with Crippen LogP contribution in [0.2, 0.25) is 0 Å². The monoisotopic (exact) mass is 332 g/mol. The Hall–Kier alpha value is -1.71. The number of fused-ring (bicyclic) bond motifs is 1. The van der Waals surface area contributed by atoms with E-state index in [-0.39, 0.29) is 16.9 Å². The maximum absolute atomic E-state index is 11.9. The Bertz CT molecular complexity index is 617. The van der Waals surface area contributed by atoms with Crippen LogP contribution in [0.4, 0.5) is 10.5 Å². The fourth-order valence-corrected chi connectivity index (χ4v) is 3.65. The molecule has 0 radical (unpaired) electrons. The number of carbonyl (C=O) groups is 1. The second-order valence-corrected chi connectivity index (χ2v) is 8.81. The number of benzene rings is 1. The number of nitrogens with two attached hydrogens (primary N) is 1.